The minimum Gasteiger partial charge on any atom is -0.342 e. The molecule has 6 nitrogen and oxygen atoms in total. The first-order valence-corrected chi connectivity index (χ1v) is 11.4. The molecule has 2 aliphatic rings. The lowest BCUT2D eigenvalue weighted by Gasteiger charge is -2.33. The Morgan fingerprint density at radius 3 is 2.22 bits per heavy atom. The number of piperidine rings is 1. The predicted molar refractivity (Wildman–Crippen MR) is 125 cm³/mol. The van der Waals surface area contributed by atoms with Crippen LogP contribution >= 0.6 is 0 Å². The first kappa shape index (κ1) is 22.1. The number of amides is 3. The molecule has 3 amide bonds. The van der Waals surface area contributed by atoms with Crippen molar-refractivity contribution in [2.45, 2.75) is 40.0 Å². The smallest absolute Gasteiger partial charge is 0.228 e. The minimum atomic E-state index is -0.315. The Morgan fingerprint density at radius 2 is 1.56 bits per heavy atom. The summed E-state index contributed by atoms with van der Waals surface area (Å²) in [5.74, 6) is -0.375. The Bertz CT molecular complexity index is 1020. The quantitative estimate of drug-likeness (QED) is 0.796. The fourth-order valence-electron chi connectivity index (χ4n) is 4.66. The van der Waals surface area contributed by atoms with Gasteiger partial charge in [0.25, 0.3) is 0 Å². The molecule has 2 aliphatic heterocycles. The Kier molecular flexibility index (Phi) is 6.31. The number of rotatable bonds is 4. The van der Waals surface area contributed by atoms with Crippen LogP contribution < -0.4 is 10.2 Å². The summed E-state index contributed by atoms with van der Waals surface area (Å²) in [6.07, 6.45) is 1.54. The fraction of sp³-hybridized carbons (Fsp3) is 0.423. The van der Waals surface area contributed by atoms with Gasteiger partial charge in [0, 0.05) is 43.3 Å². The normalized spacial score (nSPS) is 19.3. The number of anilines is 2. The summed E-state index contributed by atoms with van der Waals surface area (Å²) in [4.78, 5) is 41.9. The first-order chi connectivity index (χ1) is 15.3. The molecule has 1 N–H and O–H groups in total. The van der Waals surface area contributed by atoms with E-state index in [2.05, 4.69) is 11.4 Å². The number of carbonyl (C=O) groups is 3. The van der Waals surface area contributed by atoms with E-state index in [4.69, 9.17) is 0 Å². The number of nitrogens with one attached hydrogen (secondary N) is 1. The second-order valence-corrected chi connectivity index (χ2v) is 9.15. The molecule has 0 saturated carbocycles. The molecule has 0 aromatic heterocycles. The molecule has 4 rings (SSSR count). The lowest BCUT2D eigenvalue weighted by atomic mass is 9.94. The van der Waals surface area contributed by atoms with E-state index in [1.807, 2.05) is 62.1 Å². The van der Waals surface area contributed by atoms with Crippen molar-refractivity contribution in [1.29, 1.82) is 0 Å². The van der Waals surface area contributed by atoms with E-state index in [9.17, 15) is 14.4 Å². The second kappa shape index (κ2) is 9.15. The molecule has 2 heterocycles. The first-order valence-electron chi connectivity index (χ1n) is 11.4. The van der Waals surface area contributed by atoms with Crippen molar-refractivity contribution in [3.8, 4) is 0 Å². The molecule has 0 aliphatic carbocycles. The highest BCUT2D eigenvalue weighted by Crippen LogP contribution is 2.28. The van der Waals surface area contributed by atoms with E-state index in [1.54, 1.807) is 4.90 Å². The lowest BCUT2D eigenvalue weighted by molar-refractivity contribution is -0.138. The SMILES string of the molecule is Cc1ccc(N2CC(C(=O)N3CCC(C(=O)Nc4ccc(C)cc4C)CC3)CC2=O)cc1. The zero-order chi connectivity index (χ0) is 22.8. The molecule has 1 atom stereocenters. The van der Waals surface area contributed by atoms with Crippen molar-refractivity contribution < 1.29 is 14.4 Å². The van der Waals surface area contributed by atoms with E-state index in [0.29, 0.717) is 32.5 Å². The molecule has 2 saturated heterocycles. The van der Waals surface area contributed by atoms with Crippen LogP contribution in [0.5, 0.6) is 0 Å². The zero-order valence-corrected chi connectivity index (χ0v) is 19.1. The van der Waals surface area contributed by atoms with Gasteiger partial charge in [0.1, 0.15) is 0 Å². The Labute approximate surface area is 189 Å². The van der Waals surface area contributed by atoms with E-state index >= 15 is 0 Å². The maximum Gasteiger partial charge on any atom is 0.228 e. The molecule has 2 aromatic rings. The number of aryl methyl sites for hydroxylation is 3. The number of hydrogen-bond donors (Lipinski definition) is 1. The van der Waals surface area contributed by atoms with Crippen LogP contribution in [0.25, 0.3) is 0 Å². The summed E-state index contributed by atoms with van der Waals surface area (Å²) in [5, 5.41) is 3.05. The number of hydrogen-bond acceptors (Lipinski definition) is 3. The maximum atomic E-state index is 13.1. The van der Waals surface area contributed by atoms with Crippen LogP contribution in [0.15, 0.2) is 42.5 Å². The number of likely N-dealkylation sites (tertiary alicyclic amines) is 1. The molecule has 2 fully saturated rings. The molecule has 0 radical (unpaired) electrons. The highest BCUT2D eigenvalue weighted by molar-refractivity contribution is 6.00. The van der Waals surface area contributed by atoms with Gasteiger partial charge in [-0.1, -0.05) is 35.4 Å². The van der Waals surface area contributed by atoms with Crippen molar-refractivity contribution in [2.75, 3.05) is 29.9 Å². The van der Waals surface area contributed by atoms with Crippen LogP contribution in [0.3, 0.4) is 0 Å². The van der Waals surface area contributed by atoms with Gasteiger partial charge in [0.2, 0.25) is 17.7 Å². The summed E-state index contributed by atoms with van der Waals surface area (Å²) in [6, 6.07) is 13.8. The Balaban J connectivity index is 1.31. The van der Waals surface area contributed by atoms with Crippen LogP contribution in [-0.4, -0.2) is 42.3 Å². The Morgan fingerprint density at radius 1 is 0.906 bits per heavy atom. The lowest BCUT2D eigenvalue weighted by Crippen LogP contribution is -2.44. The van der Waals surface area contributed by atoms with Gasteiger partial charge in [-0.2, -0.15) is 0 Å². The van der Waals surface area contributed by atoms with E-state index in [1.165, 1.54) is 5.56 Å². The van der Waals surface area contributed by atoms with Gasteiger partial charge in [-0.25, -0.2) is 0 Å². The van der Waals surface area contributed by atoms with E-state index in [0.717, 1.165) is 22.5 Å². The number of nitrogens with zero attached hydrogens (tertiary/aromatic N) is 2. The topological polar surface area (TPSA) is 69.7 Å². The summed E-state index contributed by atoms with van der Waals surface area (Å²) in [7, 11) is 0. The molecule has 1 unspecified atom stereocenters. The molecule has 2 aromatic carbocycles. The average Bonchev–Trinajstić information content (AvgIpc) is 3.17. The van der Waals surface area contributed by atoms with Gasteiger partial charge >= 0.3 is 0 Å². The highest BCUT2D eigenvalue weighted by Gasteiger charge is 2.38. The van der Waals surface area contributed by atoms with Crippen LogP contribution in [0, 0.1) is 32.6 Å². The third kappa shape index (κ3) is 4.69. The molecule has 32 heavy (non-hydrogen) atoms. The standard InChI is InChI=1S/C26H31N3O3/c1-17-4-7-22(8-5-17)29-16-21(15-24(29)30)26(32)28-12-10-20(11-13-28)25(31)27-23-9-6-18(2)14-19(23)3/h4-9,14,20-21H,10-13,15-16H2,1-3H3,(H,27,31). The van der Waals surface area contributed by atoms with Crippen LogP contribution in [0.1, 0.15) is 36.0 Å². The fourth-order valence-corrected chi connectivity index (χ4v) is 4.66. The number of benzene rings is 2. The van der Waals surface area contributed by atoms with Gasteiger partial charge in [0.05, 0.1) is 5.92 Å². The van der Waals surface area contributed by atoms with Gasteiger partial charge in [-0.05, 0) is 57.4 Å². The van der Waals surface area contributed by atoms with Crippen LogP contribution in [0.2, 0.25) is 0 Å². The summed E-state index contributed by atoms with van der Waals surface area (Å²) >= 11 is 0. The van der Waals surface area contributed by atoms with Crippen molar-refractivity contribution in [2.24, 2.45) is 11.8 Å². The molecule has 0 bridgehead atoms. The van der Waals surface area contributed by atoms with Crippen molar-refractivity contribution in [3.63, 3.8) is 0 Å². The monoisotopic (exact) mass is 433 g/mol. The molecular weight excluding hydrogens is 402 g/mol. The second-order valence-electron chi connectivity index (χ2n) is 9.15. The van der Waals surface area contributed by atoms with Gasteiger partial charge in [0.15, 0.2) is 0 Å². The van der Waals surface area contributed by atoms with Crippen LogP contribution in [0.4, 0.5) is 11.4 Å². The van der Waals surface area contributed by atoms with Gasteiger partial charge in [-0.3, -0.25) is 14.4 Å². The van der Waals surface area contributed by atoms with Gasteiger partial charge < -0.3 is 15.1 Å². The maximum absolute atomic E-state index is 13.1. The van der Waals surface area contributed by atoms with Crippen molar-refractivity contribution in [1.82, 2.24) is 4.90 Å². The predicted octanol–water partition coefficient (Wildman–Crippen LogP) is 3.84. The molecule has 6 heteroatoms. The molecular formula is C26H31N3O3. The summed E-state index contributed by atoms with van der Waals surface area (Å²) < 4.78 is 0. The third-order valence-electron chi connectivity index (χ3n) is 6.64. The zero-order valence-electron chi connectivity index (χ0n) is 19.1. The van der Waals surface area contributed by atoms with Crippen molar-refractivity contribution in [3.05, 3.63) is 59.2 Å². The molecule has 168 valence electrons. The Hall–Kier alpha value is -3.15. The van der Waals surface area contributed by atoms with Crippen LogP contribution in [-0.2, 0) is 14.4 Å². The van der Waals surface area contributed by atoms with Gasteiger partial charge in [-0.15, -0.1) is 0 Å². The van der Waals surface area contributed by atoms with E-state index < -0.39 is 0 Å². The summed E-state index contributed by atoms with van der Waals surface area (Å²) in [6.45, 7) is 7.57. The van der Waals surface area contributed by atoms with Crippen molar-refractivity contribution >= 4 is 29.1 Å². The third-order valence-corrected chi connectivity index (χ3v) is 6.64. The van der Waals surface area contributed by atoms with E-state index in [-0.39, 0.29) is 36.0 Å². The largest absolute Gasteiger partial charge is 0.342 e. The highest BCUT2D eigenvalue weighted by atomic mass is 16.2. The molecule has 0 spiro atoms. The summed E-state index contributed by atoms with van der Waals surface area (Å²) in [5.41, 5.74) is 5.04. The number of carbonyl (C=O) groups excluding carboxylic acids is 3. The minimum absolute atomic E-state index is 0.00469. The average molecular weight is 434 g/mol.